The number of hydrogen-bond acceptors (Lipinski definition) is 1. The van der Waals surface area contributed by atoms with Gasteiger partial charge in [-0.25, -0.2) is 0 Å². The van der Waals surface area contributed by atoms with Crippen molar-refractivity contribution < 1.29 is 4.79 Å². The van der Waals surface area contributed by atoms with Crippen molar-refractivity contribution in [3.8, 4) is 0 Å². The topological polar surface area (TPSA) is 17.1 Å². The molecule has 1 heteroatoms. The zero-order valence-corrected chi connectivity index (χ0v) is 13.4. The molecule has 4 aliphatic rings. The predicted octanol–water partition coefficient (Wildman–Crippen LogP) is 4.94. The van der Waals surface area contributed by atoms with E-state index in [0.29, 0.717) is 0 Å². The van der Waals surface area contributed by atoms with Crippen LogP contribution in [0, 0.1) is 0 Å². The van der Waals surface area contributed by atoms with E-state index >= 15 is 0 Å². The SMILES string of the molecule is CC(=O)c1cc2ccc1CCCCc1ccc(cc1)CCC2. The molecule has 0 amide bonds. The molecule has 2 aromatic rings. The molecule has 0 aliphatic heterocycles. The summed E-state index contributed by atoms with van der Waals surface area (Å²) in [4.78, 5) is 11.9. The lowest BCUT2D eigenvalue weighted by Crippen LogP contribution is -2.02. The van der Waals surface area contributed by atoms with Gasteiger partial charge in [0, 0.05) is 5.56 Å². The normalized spacial score (nSPS) is 15.3. The van der Waals surface area contributed by atoms with Gasteiger partial charge in [0.05, 0.1) is 0 Å². The van der Waals surface area contributed by atoms with E-state index in [-0.39, 0.29) is 5.78 Å². The molecule has 114 valence electrons. The van der Waals surface area contributed by atoms with Crippen LogP contribution in [0.2, 0.25) is 0 Å². The van der Waals surface area contributed by atoms with Crippen LogP contribution in [0.25, 0.3) is 0 Å². The second-order valence-corrected chi connectivity index (χ2v) is 6.42. The van der Waals surface area contributed by atoms with Crippen molar-refractivity contribution in [2.75, 3.05) is 0 Å². The molecule has 0 N–H and O–H groups in total. The van der Waals surface area contributed by atoms with E-state index in [1.54, 1.807) is 6.92 Å². The highest BCUT2D eigenvalue weighted by molar-refractivity contribution is 5.95. The van der Waals surface area contributed by atoms with Crippen molar-refractivity contribution in [2.45, 2.75) is 51.9 Å². The zero-order valence-electron chi connectivity index (χ0n) is 13.4. The Hall–Kier alpha value is -1.89. The summed E-state index contributed by atoms with van der Waals surface area (Å²) in [7, 11) is 0. The molecule has 4 bridgehead atoms. The Balaban J connectivity index is 1.86. The molecule has 0 saturated heterocycles. The maximum absolute atomic E-state index is 11.9. The molecule has 0 saturated carbocycles. The van der Waals surface area contributed by atoms with E-state index in [1.165, 1.54) is 28.7 Å². The van der Waals surface area contributed by atoms with Gasteiger partial charge >= 0.3 is 0 Å². The largest absolute Gasteiger partial charge is 0.295 e. The molecule has 0 atom stereocenters. The third kappa shape index (κ3) is 3.65. The van der Waals surface area contributed by atoms with Crippen LogP contribution in [0.1, 0.15) is 58.8 Å². The molecule has 0 heterocycles. The lowest BCUT2D eigenvalue weighted by atomic mass is 9.95. The Bertz CT molecular complexity index is 652. The minimum atomic E-state index is 0.202. The number of aryl methyl sites for hydroxylation is 4. The summed E-state index contributed by atoms with van der Waals surface area (Å²) in [5, 5.41) is 0. The van der Waals surface area contributed by atoms with E-state index < -0.39 is 0 Å². The number of benzene rings is 2. The van der Waals surface area contributed by atoms with E-state index in [0.717, 1.165) is 44.1 Å². The summed E-state index contributed by atoms with van der Waals surface area (Å²) in [6.07, 6.45) is 7.75. The summed E-state index contributed by atoms with van der Waals surface area (Å²) >= 11 is 0. The summed E-state index contributed by atoms with van der Waals surface area (Å²) in [6.45, 7) is 1.69. The number of hydrogen-bond donors (Lipinski definition) is 0. The summed E-state index contributed by atoms with van der Waals surface area (Å²) < 4.78 is 0. The first kappa shape index (κ1) is 15.0. The Morgan fingerprint density at radius 1 is 0.727 bits per heavy atom. The van der Waals surface area contributed by atoms with E-state index in [1.807, 2.05) is 0 Å². The second kappa shape index (κ2) is 6.91. The fraction of sp³-hybridized carbons (Fsp3) is 0.381. The summed E-state index contributed by atoms with van der Waals surface area (Å²) in [5.74, 6) is 0.202. The number of carbonyl (C=O) groups is 1. The second-order valence-electron chi connectivity index (χ2n) is 6.42. The van der Waals surface area contributed by atoms with Crippen molar-refractivity contribution in [1.82, 2.24) is 0 Å². The van der Waals surface area contributed by atoms with Crippen LogP contribution in [0.15, 0.2) is 42.5 Å². The van der Waals surface area contributed by atoms with Gasteiger partial charge in [0.1, 0.15) is 0 Å². The quantitative estimate of drug-likeness (QED) is 0.680. The lowest BCUT2D eigenvalue weighted by Gasteiger charge is -2.10. The molecule has 22 heavy (non-hydrogen) atoms. The Kier molecular flexibility index (Phi) is 4.72. The van der Waals surface area contributed by atoms with Gasteiger partial charge in [-0.3, -0.25) is 4.79 Å². The molecule has 0 spiro atoms. The van der Waals surface area contributed by atoms with E-state index in [9.17, 15) is 4.79 Å². The van der Waals surface area contributed by atoms with Gasteiger partial charge < -0.3 is 0 Å². The third-order valence-electron chi connectivity index (χ3n) is 4.67. The van der Waals surface area contributed by atoms with Crippen LogP contribution in [0.4, 0.5) is 0 Å². The minimum Gasteiger partial charge on any atom is -0.295 e. The van der Waals surface area contributed by atoms with Gasteiger partial charge in [-0.05, 0) is 80.2 Å². The summed E-state index contributed by atoms with van der Waals surface area (Å²) in [5.41, 5.74) is 6.30. The Labute approximate surface area is 133 Å². The highest BCUT2D eigenvalue weighted by Crippen LogP contribution is 2.19. The van der Waals surface area contributed by atoms with Crippen molar-refractivity contribution in [2.24, 2.45) is 0 Å². The van der Waals surface area contributed by atoms with Gasteiger partial charge in [-0.1, -0.05) is 36.4 Å². The van der Waals surface area contributed by atoms with Crippen molar-refractivity contribution in [3.05, 3.63) is 70.3 Å². The molecule has 0 aromatic heterocycles. The van der Waals surface area contributed by atoms with Crippen molar-refractivity contribution in [3.63, 3.8) is 0 Å². The maximum atomic E-state index is 11.9. The Morgan fingerprint density at radius 2 is 1.27 bits per heavy atom. The number of Topliss-reactive ketones (excluding diaryl/α,β-unsaturated/α-hetero) is 1. The highest BCUT2D eigenvalue weighted by atomic mass is 16.1. The van der Waals surface area contributed by atoms with Gasteiger partial charge in [-0.2, -0.15) is 0 Å². The standard InChI is InChI=1S/C21H24O/c1-16(22)21-15-19-7-4-6-18-11-9-17(10-12-18)5-2-3-8-20(21)14-13-19/h9-15H,2-8H2,1H3. The fourth-order valence-electron chi connectivity index (χ4n) is 3.34. The molecular weight excluding hydrogens is 268 g/mol. The van der Waals surface area contributed by atoms with Crippen molar-refractivity contribution >= 4 is 5.78 Å². The van der Waals surface area contributed by atoms with E-state index in [4.69, 9.17) is 0 Å². The molecule has 4 aliphatic carbocycles. The minimum absolute atomic E-state index is 0.202. The molecule has 1 nitrogen and oxygen atoms in total. The molecule has 0 fully saturated rings. The highest BCUT2D eigenvalue weighted by Gasteiger charge is 2.09. The van der Waals surface area contributed by atoms with Gasteiger partial charge in [-0.15, -0.1) is 0 Å². The molecule has 0 radical (unpaired) electrons. The van der Waals surface area contributed by atoms with Crippen molar-refractivity contribution in [1.29, 1.82) is 0 Å². The fourth-order valence-corrected chi connectivity index (χ4v) is 3.34. The average molecular weight is 292 g/mol. The van der Waals surface area contributed by atoms with Crippen LogP contribution in [0.5, 0.6) is 0 Å². The third-order valence-corrected chi connectivity index (χ3v) is 4.67. The molecule has 0 unspecified atom stereocenters. The molecule has 2 aromatic carbocycles. The zero-order chi connectivity index (χ0) is 15.4. The van der Waals surface area contributed by atoms with Crippen LogP contribution in [-0.2, 0) is 25.7 Å². The van der Waals surface area contributed by atoms with Gasteiger partial charge in [0.2, 0.25) is 0 Å². The van der Waals surface area contributed by atoms with Gasteiger partial charge in [0.15, 0.2) is 5.78 Å². The maximum Gasteiger partial charge on any atom is 0.160 e. The summed E-state index contributed by atoms with van der Waals surface area (Å²) in [6, 6.07) is 15.6. The number of carbonyl (C=O) groups excluding carboxylic acids is 1. The molecular formula is C21H24O. The van der Waals surface area contributed by atoms with Crippen LogP contribution >= 0.6 is 0 Å². The smallest absolute Gasteiger partial charge is 0.160 e. The number of rotatable bonds is 1. The average Bonchev–Trinajstić information content (AvgIpc) is 2.55. The van der Waals surface area contributed by atoms with Crippen LogP contribution < -0.4 is 0 Å². The monoisotopic (exact) mass is 292 g/mol. The first-order valence-corrected chi connectivity index (χ1v) is 8.43. The van der Waals surface area contributed by atoms with Crippen LogP contribution in [-0.4, -0.2) is 5.78 Å². The Morgan fingerprint density at radius 3 is 1.95 bits per heavy atom. The number of ketones is 1. The van der Waals surface area contributed by atoms with E-state index in [2.05, 4.69) is 42.5 Å². The van der Waals surface area contributed by atoms with Crippen LogP contribution in [0.3, 0.4) is 0 Å². The predicted molar refractivity (Wildman–Crippen MR) is 91.6 cm³/mol. The first-order valence-electron chi connectivity index (χ1n) is 8.43. The first-order chi connectivity index (χ1) is 10.7. The van der Waals surface area contributed by atoms with Gasteiger partial charge in [0.25, 0.3) is 0 Å². The molecule has 6 rings (SSSR count). The lowest BCUT2D eigenvalue weighted by molar-refractivity contribution is 0.101.